The van der Waals surface area contributed by atoms with Gasteiger partial charge in [-0.05, 0) is 64.0 Å². The molecule has 19 heavy (non-hydrogen) atoms. The summed E-state index contributed by atoms with van der Waals surface area (Å²) < 4.78 is 1.09. The molecule has 1 heterocycles. The minimum Gasteiger partial charge on any atom is -0.337 e. The smallest absolute Gasteiger partial charge is 0.254 e. The number of nitrogens with zero attached hydrogens (tertiary/aromatic N) is 1. The lowest BCUT2D eigenvalue weighted by molar-refractivity contribution is 0.0784. The van der Waals surface area contributed by atoms with Crippen molar-refractivity contribution in [3.8, 4) is 0 Å². The van der Waals surface area contributed by atoms with Gasteiger partial charge in [-0.1, -0.05) is 12.1 Å². The third kappa shape index (κ3) is 3.25. The van der Waals surface area contributed by atoms with Crippen molar-refractivity contribution in [1.29, 1.82) is 0 Å². The molecule has 0 unspecified atom stereocenters. The van der Waals surface area contributed by atoms with Crippen molar-refractivity contribution < 1.29 is 4.79 Å². The number of thiophene rings is 1. The largest absolute Gasteiger partial charge is 0.337 e. The zero-order chi connectivity index (χ0) is 14.0. The SMILES string of the molecule is Cc1cccc(C(=O)N(C)Cc2csc(Br)c2)c1C. The fraction of sp³-hybridized carbons (Fsp3) is 0.267. The predicted molar refractivity (Wildman–Crippen MR) is 83.7 cm³/mol. The van der Waals surface area contributed by atoms with Crippen LogP contribution >= 0.6 is 27.3 Å². The van der Waals surface area contributed by atoms with E-state index in [4.69, 9.17) is 0 Å². The molecule has 0 fully saturated rings. The fourth-order valence-corrected chi connectivity index (χ4v) is 3.16. The Morgan fingerprint density at radius 2 is 2.11 bits per heavy atom. The van der Waals surface area contributed by atoms with Crippen LogP contribution in [-0.4, -0.2) is 17.9 Å². The van der Waals surface area contributed by atoms with Gasteiger partial charge in [0.1, 0.15) is 0 Å². The summed E-state index contributed by atoms with van der Waals surface area (Å²) in [6.07, 6.45) is 0. The average Bonchev–Trinajstić information content (AvgIpc) is 2.77. The topological polar surface area (TPSA) is 20.3 Å². The number of carbonyl (C=O) groups excluding carboxylic acids is 1. The molecule has 0 radical (unpaired) electrons. The van der Waals surface area contributed by atoms with Crippen molar-refractivity contribution in [2.45, 2.75) is 20.4 Å². The van der Waals surface area contributed by atoms with E-state index in [0.717, 1.165) is 26.0 Å². The van der Waals surface area contributed by atoms with E-state index in [-0.39, 0.29) is 5.91 Å². The zero-order valence-electron chi connectivity index (χ0n) is 11.2. The Bertz CT molecular complexity index is 606. The van der Waals surface area contributed by atoms with Gasteiger partial charge in [-0.15, -0.1) is 11.3 Å². The second kappa shape index (κ2) is 5.88. The molecule has 0 atom stereocenters. The van der Waals surface area contributed by atoms with Gasteiger partial charge < -0.3 is 4.90 Å². The van der Waals surface area contributed by atoms with Crippen LogP contribution in [0.15, 0.2) is 33.4 Å². The van der Waals surface area contributed by atoms with E-state index in [9.17, 15) is 4.79 Å². The van der Waals surface area contributed by atoms with E-state index in [1.165, 1.54) is 0 Å². The monoisotopic (exact) mass is 337 g/mol. The summed E-state index contributed by atoms with van der Waals surface area (Å²) in [6, 6.07) is 7.91. The average molecular weight is 338 g/mol. The van der Waals surface area contributed by atoms with Crippen molar-refractivity contribution in [1.82, 2.24) is 4.90 Å². The minimum atomic E-state index is 0.0727. The number of amides is 1. The Kier molecular flexibility index (Phi) is 4.42. The molecule has 0 N–H and O–H groups in total. The third-order valence-electron chi connectivity index (χ3n) is 3.22. The second-order valence-corrected chi connectivity index (χ2v) is 6.96. The first-order valence-electron chi connectivity index (χ1n) is 6.03. The van der Waals surface area contributed by atoms with Crippen LogP contribution < -0.4 is 0 Å². The van der Waals surface area contributed by atoms with E-state index >= 15 is 0 Å². The summed E-state index contributed by atoms with van der Waals surface area (Å²) in [5, 5.41) is 2.07. The van der Waals surface area contributed by atoms with Crippen LogP contribution in [-0.2, 0) is 6.54 Å². The van der Waals surface area contributed by atoms with E-state index in [2.05, 4.69) is 27.4 Å². The molecule has 0 aliphatic heterocycles. The normalized spacial score (nSPS) is 10.5. The lowest BCUT2D eigenvalue weighted by Crippen LogP contribution is -2.26. The Labute approximate surface area is 126 Å². The third-order valence-corrected chi connectivity index (χ3v) is 4.78. The number of benzene rings is 1. The van der Waals surface area contributed by atoms with E-state index < -0.39 is 0 Å². The highest BCUT2D eigenvalue weighted by Gasteiger charge is 2.15. The summed E-state index contributed by atoms with van der Waals surface area (Å²) in [4.78, 5) is 14.2. The van der Waals surface area contributed by atoms with Crippen LogP contribution in [0.25, 0.3) is 0 Å². The van der Waals surface area contributed by atoms with Crippen molar-refractivity contribution in [2.24, 2.45) is 0 Å². The molecule has 2 aromatic rings. The highest BCUT2D eigenvalue weighted by molar-refractivity contribution is 9.11. The van der Waals surface area contributed by atoms with Gasteiger partial charge in [-0.2, -0.15) is 0 Å². The van der Waals surface area contributed by atoms with Crippen LogP contribution in [0.3, 0.4) is 0 Å². The molecule has 0 saturated carbocycles. The molecular weight excluding hydrogens is 322 g/mol. The van der Waals surface area contributed by atoms with Gasteiger partial charge in [0.15, 0.2) is 0 Å². The molecule has 0 aliphatic rings. The lowest BCUT2D eigenvalue weighted by Gasteiger charge is -2.18. The van der Waals surface area contributed by atoms with Gasteiger partial charge in [0.2, 0.25) is 0 Å². The maximum Gasteiger partial charge on any atom is 0.254 e. The summed E-state index contributed by atoms with van der Waals surface area (Å²) >= 11 is 5.08. The summed E-state index contributed by atoms with van der Waals surface area (Å²) in [6.45, 7) is 4.66. The standard InChI is InChI=1S/C15H16BrNOS/c1-10-5-4-6-13(11(10)2)15(18)17(3)8-12-7-14(16)19-9-12/h4-7,9H,8H2,1-3H3. The molecule has 1 aromatic carbocycles. The summed E-state index contributed by atoms with van der Waals surface area (Å²) in [7, 11) is 1.84. The Morgan fingerprint density at radius 3 is 2.74 bits per heavy atom. The maximum absolute atomic E-state index is 12.4. The van der Waals surface area contributed by atoms with Gasteiger partial charge in [-0.25, -0.2) is 0 Å². The Morgan fingerprint density at radius 1 is 1.37 bits per heavy atom. The molecule has 1 amide bonds. The first kappa shape index (κ1) is 14.3. The van der Waals surface area contributed by atoms with E-state index in [0.29, 0.717) is 6.54 Å². The number of hydrogen-bond acceptors (Lipinski definition) is 2. The molecule has 0 spiro atoms. The molecule has 1 aromatic heterocycles. The van der Waals surface area contributed by atoms with Crippen LogP contribution in [0.5, 0.6) is 0 Å². The van der Waals surface area contributed by atoms with E-state index in [1.807, 2.05) is 39.1 Å². The molecule has 2 nitrogen and oxygen atoms in total. The Balaban J connectivity index is 2.17. The number of carbonyl (C=O) groups is 1. The maximum atomic E-state index is 12.4. The predicted octanol–water partition coefficient (Wildman–Crippen LogP) is 4.40. The van der Waals surface area contributed by atoms with Crippen LogP contribution in [0.1, 0.15) is 27.0 Å². The minimum absolute atomic E-state index is 0.0727. The lowest BCUT2D eigenvalue weighted by atomic mass is 10.0. The summed E-state index contributed by atoms with van der Waals surface area (Å²) in [5.74, 6) is 0.0727. The molecule has 100 valence electrons. The van der Waals surface area contributed by atoms with E-state index in [1.54, 1.807) is 16.2 Å². The number of halogens is 1. The zero-order valence-corrected chi connectivity index (χ0v) is 13.6. The summed E-state index contributed by atoms with van der Waals surface area (Å²) in [5.41, 5.74) is 4.15. The molecule has 0 saturated heterocycles. The van der Waals surface area contributed by atoms with Crippen LogP contribution in [0, 0.1) is 13.8 Å². The van der Waals surface area contributed by atoms with Crippen molar-refractivity contribution in [3.63, 3.8) is 0 Å². The number of rotatable bonds is 3. The van der Waals surface area contributed by atoms with Crippen molar-refractivity contribution in [2.75, 3.05) is 7.05 Å². The molecule has 4 heteroatoms. The molecule has 0 bridgehead atoms. The van der Waals surface area contributed by atoms with Crippen LogP contribution in [0.2, 0.25) is 0 Å². The quantitative estimate of drug-likeness (QED) is 0.812. The highest BCUT2D eigenvalue weighted by atomic mass is 79.9. The molecule has 0 aliphatic carbocycles. The molecule has 2 rings (SSSR count). The Hall–Kier alpha value is -1.13. The number of hydrogen-bond donors (Lipinski definition) is 0. The first-order chi connectivity index (χ1) is 8.99. The van der Waals surface area contributed by atoms with Gasteiger partial charge in [0, 0.05) is 19.2 Å². The number of aryl methyl sites for hydroxylation is 1. The van der Waals surface area contributed by atoms with Gasteiger partial charge in [0.25, 0.3) is 5.91 Å². The van der Waals surface area contributed by atoms with Gasteiger partial charge in [0.05, 0.1) is 3.79 Å². The highest BCUT2D eigenvalue weighted by Crippen LogP contribution is 2.22. The first-order valence-corrected chi connectivity index (χ1v) is 7.71. The fourth-order valence-electron chi connectivity index (χ4n) is 1.96. The van der Waals surface area contributed by atoms with Gasteiger partial charge in [-0.3, -0.25) is 4.79 Å². The van der Waals surface area contributed by atoms with Crippen molar-refractivity contribution >= 4 is 33.2 Å². The van der Waals surface area contributed by atoms with Crippen LogP contribution in [0.4, 0.5) is 0 Å². The van der Waals surface area contributed by atoms with Gasteiger partial charge >= 0.3 is 0 Å². The molecular formula is C15H16BrNOS. The second-order valence-electron chi connectivity index (χ2n) is 4.67. The van der Waals surface area contributed by atoms with Crippen molar-refractivity contribution in [3.05, 3.63) is 55.7 Å².